The first-order valence-corrected chi connectivity index (χ1v) is 12.6. The fourth-order valence-corrected chi connectivity index (χ4v) is 8.80. The number of fused-ring (bicyclic) bond motifs is 1. The van der Waals surface area contributed by atoms with Crippen molar-refractivity contribution in [2.24, 2.45) is 23.2 Å². The van der Waals surface area contributed by atoms with Crippen LogP contribution in [0, 0.1) is 23.2 Å². The second-order valence-corrected chi connectivity index (χ2v) is 13.2. The molecule has 0 amide bonds. The van der Waals surface area contributed by atoms with Crippen LogP contribution >= 0.6 is 0 Å². The molecule has 0 N–H and O–H groups in total. The maximum absolute atomic E-state index is 11.0. The zero-order chi connectivity index (χ0) is 17.1. The quantitative estimate of drug-likeness (QED) is 0.412. The molecule has 2 rings (SSSR count). The van der Waals surface area contributed by atoms with Crippen molar-refractivity contribution in [3.8, 4) is 0 Å². The summed E-state index contributed by atoms with van der Waals surface area (Å²) >= 11 is 0. The smallest absolute Gasteiger partial charge is 0.192 e. The third kappa shape index (κ3) is 3.61. The highest BCUT2D eigenvalue weighted by atomic mass is 28.4. The Labute approximate surface area is 144 Å². The van der Waals surface area contributed by atoms with Gasteiger partial charge in [-0.15, -0.1) is 0 Å². The molecule has 23 heavy (non-hydrogen) atoms. The summed E-state index contributed by atoms with van der Waals surface area (Å²) in [6.07, 6.45) is 8.88. The Balaban J connectivity index is 2.15. The third-order valence-corrected chi connectivity index (χ3v) is 12.3. The average molecular weight is 339 g/mol. The summed E-state index contributed by atoms with van der Waals surface area (Å²) in [6, 6.07) is 3.76. The Morgan fingerprint density at radius 2 is 1.83 bits per heavy atom. The molecule has 0 aromatic rings. The van der Waals surface area contributed by atoms with Gasteiger partial charge in [-0.1, -0.05) is 41.0 Å². The highest BCUT2D eigenvalue weighted by Gasteiger charge is 2.53. The Morgan fingerprint density at radius 1 is 1.17 bits per heavy atom. The summed E-state index contributed by atoms with van der Waals surface area (Å²) in [7, 11) is -1.52. The van der Waals surface area contributed by atoms with Gasteiger partial charge in [0.15, 0.2) is 8.32 Å². The maximum Gasteiger partial charge on any atom is 0.192 e. The SMILES string of the molecule is CC[Si](CC)(CC)O[C@H]1CCC[C@]2(C)C(C(C)CC=O)CCC12. The van der Waals surface area contributed by atoms with Gasteiger partial charge >= 0.3 is 0 Å². The van der Waals surface area contributed by atoms with E-state index < -0.39 is 8.32 Å². The molecule has 3 heteroatoms. The van der Waals surface area contributed by atoms with Gasteiger partial charge in [0, 0.05) is 12.5 Å². The van der Waals surface area contributed by atoms with Crippen molar-refractivity contribution in [3.63, 3.8) is 0 Å². The first-order chi connectivity index (χ1) is 11.0. The number of aldehydes is 1. The summed E-state index contributed by atoms with van der Waals surface area (Å²) in [5.41, 5.74) is 0.403. The lowest BCUT2D eigenvalue weighted by Gasteiger charge is -2.48. The van der Waals surface area contributed by atoms with Gasteiger partial charge in [0.05, 0.1) is 0 Å². The minimum atomic E-state index is -1.52. The highest BCUT2D eigenvalue weighted by molar-refractivity contribution is 6.73. The molecule has 0 aromatic carbocycles. The molecule has 134 valence electrons. The molecule has 0 aliphatic heterocycles. The lowest BCUT2D eigenvalue weighted by Crippen LogP contribution is -2.48. The predicted octanol–water partition coefficient (Wildman–Crippen LogP) is 5.82. The Morgan fingerprint density at radius 3 is 2.39 bits per heavy atom. The number of carbonyl (C=O) groups is 1. The molecule has 2 aliphatic carbocycles. The predicted molar refractivity (Wildman–Crippen MR) is 100 cm³/mol. The first-order valence-electron chi connectivity index (χ1n) is 10.1. The summed E-state index contributed by atoms with van der Waals surface area (Å²) in [5.74, 6) is 1.98. The van der Waals surface area contributed by atoms with E-state index in [1.165, 1.54) is 50.2 Å². The van der Waals surface area contributed by atoms with Crippen LogP contribution in [-0.4, -0.2) is 20.7 Å². The molecule has 2 saturated carbocycles. The van der Waals surface area contributed by atoms with Crippen LogP contribution in [0.15, 0.2) is 0 Å². The summed E-state index contributed by atoms with van der Waals surface area (Å²) in [5, 5.41) is 0. The van der Waals surface area contributed by atoms with Crippen molar-refractivity contribution < 1.29 is 9.22 Å². The van der Waals surface area contributed by atoms with Gasteiger partial charge in [-0.2, -0.15) is 0 Å². The topological polar surface area (TPSA) is 26.3 Å². The van der Waals surface area contributed by atoms with Gasteiger partial charge in [0.2, 0.25) is 0 Å². The van der Waals surface area contributed by atoms with Crippen molar-refractivity contribution in [3.05, 3.63) is 0 Å². The van der Waals surface area contributed by atoms with Gasteiger partial charge in [-0.25, -0.2) is 0 Å². The molecule has 0 radical (unpaired) electrons. The molecule has 0 heterocycles. The Bertz CT molecular complexity index is 385. The molecular weight excluding hydrogens is 300 g/mol. The second-order valence-electron chi connectivity index (χ2n) is 8.47. The molecule has 2 aliphatic rings. The number of carbonyl (C=O) groups excluding carboxylic acids is 1. The minimum Gasteiger partial charge on any atom is -0.414 e. The zero-order valence-electron chi connectivity index (χ0n) is 16.1. The highest BCUT2D eigenvalue weighted by Crippen LogP contribution is 2.59. The standard InChI is InChI=1S/C20H38O2Si/c1-6-23(7-2,8-3)22-19-10-9-14-20(5)17(11-12-18(19)20)16(4)13-15-21/h15-19H,6-14H2,1-5H3/t16?,17?,18?,19-,20+/m0/s1. The van der Waals surface area contributed by atoms with E-state index in [0.717, 1.165) is 18.6 Å². The van der Waals surface area contributed by atoms with E-state index >= 15 is 0 Å². The lowest BCUT2D eigenvalue weighted by atomic mass is 9.61. The van der Waals surface area contributed by atoms with Gasteiger partial charge in [0.25, 0.3) is 0 Å². The second kappa shape index (κ2) is 7.82. The fourth-order valence-electron chi connectivity index (χ4n) is 5.87. The van der Waals surface area contributed by atoms with Crippen molar-refractivity contribution >= 4 is 14.6 Å². The molecule has 0 bridgehead atoms. The Hall–Kier alpha value is -0.153. The van der Waals surface area contributed by atoms with E-state index in [2.05, 4.69) is 34.6 Å². The number of rotatable bonds is 8. The van der Waals surface area contributed by atoms with E-state index in [0.29, 0.717) is 23.4 Å². The van der Waals surface area contributed by atoms with E-state index in [1.54, 1.807) is 0 Å². The molecule has 3 unspecified atom stereocenters. The van der Waals surface area contributed by atoms with Crippen molar-refractivity contribution in [1.29, 1.82) is 0 Å². The lowest BCUT2D eigenvalue weighted by molar-refractivity contribution is -0.109. The summed E-state index contributed by atoms with van der Waals surface area (Å²) in [4.78, 5) is 11.0. The minimum absolute atomic E-state index is 0.403. The molecule has 0 aromatic heterocycles. The van der Waals surface area contributed by atoms with Gasteiger partial charge in [-0.05, 0) is 67.0 Å². The van der Waals surface area contributed by atoms with Gasteiger partial charge < -0.3 is 9.22 Å². The van der Waals surface area contributed by atoms with Gasteiger partial charge in [0.1, 0.15) is 6.29 Å². The molecule has 2 fully saturated rings. The van der Waals surface area contributed by atoms with Crippen LogP contribution in [0.2, 0.25) is 18.1 Å². The van der Waals surface area contributed by atoms with E-state index in [-0.39, 0.29) is 0 Å². The van der Waals surface area contributed by atoms with Crippen LogP contribution in [0.4, 0.5) is 0 Å². The molecule has 5 atom stereocenters. The largest absolute Gasteiger partial charge is 0.414 e. The van der Waals surface area contributed by atoms with E-state index in [9.17, 15) is 4.79 Å². The van der Waals surface area contributed by atoms with Crippen LogP contribution in [0.25, 0.3) is 0 Å². The van der Waals surface area contributed by atoms with Crippen LogP contribution in [0.3, 0.4) is 0 Å². The van der Waals surface area contributed by atoms with Crippen molar-refractivity contribution in [2.45, 2.75) is 97.4 Å². The molecule has 0 saturated heterocycles. The van der Waals surface area contributed by atoms with Crippen LogP contribution in [0.1, 0.15) is 73.1 Å². The zero-order valence-corrected chi connectivity index (χ0v) is 17.1. The normalized spacial score (nSPS) is 35.8. The average Bonchev–Trinajstić information content (AvgIpc) is 2.91. The van der Waals surface area contributed by atoms with Crippen LogP contribution in [0.5, 0.6) is 0 Å². The molecular formula is C20H38O2Si. The Kier molecular flexibility index (Phi) is 6.52. The van der Waals surface area contributed by atoms with E-state index in [4.69, 9.17) is 4.43 Å². The summed E-state index contributed by atoms with van der Waals surface area (Å²) < 4.78 is 6.96. The molecule has 0 spiro atoms. The maximum atomic E-state index is 11.0. The third-order valence-electron chi connectivity index (χ3n) is 7.62. The monoisotopic (exact) mass is 338 g/mol. The number of hydrogen-bond acceptors (Lipinski definition) is 2. The fraction of sp³-hybridized carbons (Fsp3) is 0.950. The summed E-state index contributed by atoms with van der Waals surface area (Å²) in [6.45, 7) is 11.8. The van der Waals surface area contributed by atoms with Crippen LogP contribution in [-0.2, 0) is 9.22 Å². The van der Waals surface area contributed by atoms with Gasteiger partial charge in [-0.3, -0.25) is 0 Å². The van der Waals surface area contributed by atoms with Crippen molar-refractivity contribution in [1.82, 2.24) is 0 Å². The number of hydrogen-bond donors (Lipinski definition) is 0. The first kappa shape index (κ1) is 19.2. The molecule has 2 nitrogen and oxygen atoms in total. The van der Waals surface area contributed by atoms with Crippen molar-refractivity contribution in [2.75, 3.05) is 0 Å². The van der Waals surface area contributed by atoms with E-state index in [1.807, 2.05) is 0 Å². The van der Waals surface area contributed by atoms with Crippen LogP contribution < -0.4 is 0 Å².